The van der Waals surface area contributed by atoms with Crippen LogP contribution in [0.3, 0.4) is 0 Å². The van der Waals surface area contributed by atoms with E-state index in [0.29, 0.717) is 0 Å². The Morgan fingerprint density at radius 3 is 2.82 bits per heavy atom. The lowest BCUT2D eigenvalue weighted by Crippen LogP contribution is -1.96. The second kappa shape index (κ2) is 4.29. The monoisotopic (exact) mass is 308 g/mol. The summed E-state index contributed by atoms with van der Waals surface area (Å²) in [5.41, 5.74) is 1.61. The quantitative estimate of drug-likeness (QED) is 0.764. The molecular formula is C13H9BrO2S. The Bertz CT molecular complexity index is 656. The van der Waals surface area contributed by atoms with Crippen molar-refractivity contribution in [2.24, 2.45) is 0 Å². The smallest absolute Gasteiger partial charge is 0.134 e. The van der Waals surface area contributed by atoms with E-state index in [-0.39, 0.29) is 0 Å². The first kappa shape index (κ1) is 11.0. The highest BCUT2D eigenvalue weighted by molar-refractivity contribution is 9.10. The lowest BCUT2D eigenvalue weighted by molar-refractivity contribution is 0.223. The predicted octanol–water partition coefficient (Wildman–Crippen LogP) is 4.34. The minimum atomic E-state index is -0.645. The number of benzene rings is 1. The maximum absolute atomic E-state index is 10.4. The molecule has 3 rings (SSSR count). The highest BCUT2D eigenvalue weighted by atomic mass is 79.9. The van der Waals surface area contributed by atoms with Gasteiger partial charge in [0, 0.05) is 15.4 Å². The first-order valence-electron chi connectivity index (χ1n) is 5.14. The second-order valence-electron chi connectivity index (χ2n) is 3.72. The van der Waals surface area contributed by atoms with Crippen LogP contribution in [-0.2, 0) is 0 Å². The molecule has 0 aliphatic rings. The summed E-state index contributed by atoms with van der Waals surface area (Å²) in [6.07, 6.45) is 0.981. The molecule has 3 aromatic rings. The summed E-state index contributed by atoms with van der Waals surface area (Å²) in [6.45, 7) is 0. The van der Waals surface area contributed by atoms with E-state index in [9.17, 15) is 5.11 Å². The van der Waals surface area contributed by atoms with Crippen molar-refractivity contribution in [1.82, 2.24) is 0 Å². The molecule has 0 fully saturated rings. The summed E-state index contributed by atoms with van der Waals surface area (Å²) in [5, 5.41) is 13.3. The molecule has 1 N–H and O–H groups in total. The van der Waals surface area contributed by atoms with Crippen molar-refractivity contribution in [3.05, 3.63) is 56.9 Å². The number of para-hydroxylation sites is 1. The van der Waals surface area contributed by atoms with Crippen LogP contribution in [0.5, 0.6) is 0 Å². The van der Waals surface area contributed by atoms with Crippen LogP contribution >= 0.6 is 27.3 Å². The molecule has 0 saturated heterocycles. The Hall–Kier alpha value is -1.10. The molecule has 4 heteroatoms. The topological polar surface area (TPSA) is 33.4 Å². The molecule has 0 aliphatic carbocycles. The summed E-state index contributed by atoms with van der Waals surface area (Å²) in [6, 6.07) is 9.65. The highest BCUT2D eigenvalue weighted by Gasteiger charge is 2.19. The Balaban J connectivity index is 2.13. The van der Waals surface area contributed by atoms with Crippen molar-refractivity contribution in [3.8, 4) is 0 Å². The lowest BCUT2D eigenvalue weighted by atomic mass is 10.1. The van der Waals surface area contributed by atoms with Crippen LogP contribution in [0, 0.1) is 0 Å². The average Bonchev–Trinajstić information content (AvgIpc) is 2.94. The Morgan fingerprint density at radius 2 is 2.06 bits per heavy atom. The van der Waals surface area contributed by atoms with Crippen LogP contribution in [-0.4, -0.2) is 5.11 Å². The van der Waals surface area contributed by atoms with E-state index in [2.05, 4.69) is 15.9 Å². The molecule has 0 bridgehead atoms. The van der Waals surface area contributed by atoms with Gasteiger partial charge in [0.15, 0.2) is 0 Å². The number of aliphatic hydroxyl groups is 1. The van der Waals surface area contributed by atoms with Crippen molar-refractivity contribution in [2.75, 3.05) is 0 Å². The van der Waals surface area contributed by atoms with E-state index in [1.54, 1.807) is 6.26 Å². The van der Waals surface area contributed by atoms with Crippen molar-refractivity contribution >= 4 is 38.2 Å². The fraction of sp³-hybridized carbons (Fsp3) is 0.0769. The van der Waals surface area contributed by atoms with Crippen molar-refractivity contribution in [2.45, 2.75) is 6.10 Å². The van der Waals surface area contributed by atoms with Crippen LogP contribution in [0.1, 0.15) is 16.5 Å². The van der Waals surface area contributed by atoms with Crippen LogP contribution < -0.4 is 0 Å². The number of furan rings is 1. The standard InChI is InChI=1S/C13H9BrO2S/c14-10-5-6-17-13(10)12(15)9-7-16-11-4-2-1-3-8(9)11/h1-7,12,15H. The molecule has 0 aliphatic heterocycles. The molecular weight excluding hydrogens is 300 g/mol. The number of halogens is 1. The molecule has 2 heterocycles. The van der Waals surface area contributed by atoms with Crippen molar-refractivity contribution < 1.29 is 9.52 Å². The number of thiophene rings is 1. The van der Waals surface area contributed by atoms with E-state index in [4.69, 9.17) is 4.42 Å². The summed E-state index contributed by atoms with van der Waals surface area (Å²) < 4.78 is 6.37. The van der Waals surface area contributed by atoms with Crippen LogP contribution in [0.2, 0.25) is 0 Å². The molecule has 0 radical (unpaired) electrons. The number of fused-ring (bicyclic) bond motifs is 1. The van der Waals surface area contributed by atoms with Gasteiger partial charge in [-0.05, 0) is 33.4 Å². The van der Waals surface area contributed by atoms with Crippen LogP contribution in [0.25, 0.3) is 11.0 Å². The van der Waals surface area contributed by atoms with Gasteiger partial charge < -0.3 is 9.52 Å². The third-order valence-electron chi connectivity index (χ3n) is 2.70. The van der Waals surface area contributed by atoms with Gasteiger partial charge >= 0.3 is 0 Å². The van der Waals surface area contributed by atoms with Gasteiger partial charge in [-0.2, -0.15) is 0 Å². The van der Waals surface area contributed by atoms with Crippen molar-refractivity contribution in [3.63, 3.8) is 0 Å². The van der Waals surface area contributed by atoms with Gasteiger partial charge in [-0.1, -0.05) is 18.2 Å². The SMILES string of the molecule is OC(c1sccc1Br)c1coc2ccccc12. The molecule has 0 saturated carbocycles. The third kappa shape index (κ3) is 1.82. The van der Waals surface area contributed by atoms with Crippen LogP contribution in [0.4, 0.5) is 0 Å². The summed E-state index contributed by atoms with van der Waals surface area (Å²) in [4.78, 5) is 0.900. The Kier molecular flexibility index (Phi) is 2.78. The number of rotatable bonds is 2. The maximum atomic E-state index is 10.4. The van der Waals surface area contributed by atoms with Crippen molar-refractivity contribution in [1.29, 1.82) is 0 Å². The van der Waals surface area contributed by atoms with E-state index < -0.39 is 6.10 Å². The zero-order valence-corrected chi connectivity index (χ0v) is 11.2. The molecule has 86 valence electrons. The van der Waals surface area contributed by atoms with E-state index >= 15 is 0 Å². The molecule has 17 heavy (non-hydrogen) atoms. The zero-order chi connectivity index (χ0) is 11.8. The summed E-state index contributed by atoms with van der Waals surface area (Å²) in [7, 11) is 0. The molecule has 2 nitrogen and oxygen atoms in total. The third-order valence-corrected chi connectivity index (χ3v) is 4.62. The maximum Gasteiger partial charge on any atom is 0.134 e. The normalized spacial score (nSPS) is 13.1. The number of hydrogen-bond acceptors (Lipinski definition) is 3. The second-order valence-corrected chi connectivity index (χ2v) is 5.52. The minimum absolute atomic E-state index is 0.645. The molecule has 0 spiro atoms. The number of hydrogen-bond donors (Lipinski definition) is 1. The largest absolute Gasteiger partial charge is 0.464 e. The van der Waals surface area contributed by atoms with Gasteiger partial charge in [0.25, 0.3) is 0 Å². The van der Waals surface area contributed by atoms with Gasteiger partial charge in [-0.3, -0.25) is 0 Å². The molecule has 1 atom stereocenters. The zero-order valence-electron chi connectivity index (χ0n) is 8.76. The molecule has 1 unspecified atom stereocenters. The van der Waals surface area contributed by atoms with Gasteiger partial charge in [0.2, 0.25) is 0 Å². The van der Waals surface area contributed by atoms with Crippen LogP contribution in [0.15, 0.2) is 50.9 Å². The number of aliphatic hydroxyl groups excluding tert-OH is 1. The summed E-state index contributed by atoms with van der Waals surface area (Å²) >= 11 is 4.96. The molecule has 0 amide bonds. The first-order valence-corrected chi connectivity index (χ1v) is 6.81. The fourth-order valence-corrected chi connectivity index (χ4v) is 3.44. The van der Waals surface area contributed by atoms with Gasteiger partial charge in [-0.25, -0.2) is 0 Å². The van der Waals surface area contributed by atoms with E-state index in [0.717, 1.165) is 25.9 Å². The fourth-order valence-electron chi connectivity index (χ4n) is 1.85. The molecule has 2 aromatic heterocycles. The average molecular weight is 309 g/mol. The van der Waals surface area contributed by atoms with E-state index in [1.807, 2.05) is 35.7 Å². The predicted molar refractivity (Wildman–Crippen MR) is 72.3 cm³/mol. The molecule has 1 aromatic carbocycles. The highest BCUT2D eigenvalue weighted by Crippen LogP contribution is 2.36. The van der Waals surface area contributed by atoms with Gasteiger partial charge in [0.1, 0.15) is 11.7 Å². The van der Waals surface area contributed by atoms with Gasteiger partial charge in [-0.15, -0.1) is 11.3 Å². The van der Waals surface area contributed by atoms with E-state index in [1.165, 1.54) is 11.3 Å². The lowest BCUT2D eigenvalue weighted by Gasteiger charge is -2.07. The summed E-state index contributed by atoms with van der Waals surface area (Å²) in [5.74, 6) is 0. The minimum Gasteiger partial charge on any atom is -0.464 e. The first-order chi connectivity index (χ1) is 8.27. The van der Waals surface area contributed by atoms with Gasteiger partial charge in [0.05, 0.1) is 11.1 Å². The Labute approximate surface area is 111 Å². The Morgan fingerprint density at radius 1 is 1.24 bits per heavy atom.